The first-order valence-electron chi connectivity index (χ1n) is 38.2. The number of nitrogens with zero attached hydrogens (tertiary/aromatic N) is 1. The molecule has 0 bridgehead atoms. The third-order valence-electron chi connectivity index (χ3n) is 17.9. The Morgan fingerprint density at radius 3 is 0.976 bits per heavy atom. The smallest absolute Gasteiger partial charge is 0.268 e. The zero-order chi connectivity index (χ0) is 61.9. The highest BCUT2D eigenvalue weighted by Gasteiger charge is 2.24. The maximum atomic E-state index is 13.1. The Hall–Kier alpha value is -1.02. The molecular weight excluding hydrogens is 1070 g/mol. The number of phosphoric acid groups is 1. The molecule has 0 fully saturated rings. The van der Waals surface area contributed by atoms with Crippen molar-refractivity contribution in [2.24, 2.45) is 0 Å². The topological polar surface area (TPSA) is 108 Å². The van der Waals surface area contributed by atoms with E-state index in [1.54, 1.807) is 0 Å². The fourth-order valence-corrected chi connectivity index (χ4v) is 12.7. The van der Waals surface area contributed by atoms with Gasteiger partial charge in [-0.15, -0.1) is 0 Å². The number of nitrogens with one attached hydrogen (secondary N) is 1. The molecule has 0 radical (unpaired) electrons. The summed E-state index contributed by atoms with van der Waals surface area (Å²) in [5.74, 6) is -0.154. The molecule has 0 heterocycles. The van der Waals surface area contributed by atoms with Crippen molar-refractivity contribution in [3.63, 3.8) is 0 Å². The number of carbonyl (C=O) groups is 1. The van der Waals surface area contributed by atoms with Gasteiger partial charge in [-0.1, -0.05) is 378 Å². The Labute approximate surface area is 532 Å². The number of carbonyl (C=O) groups excluding carboxylic acids is 1. The van der Waals surface area contributed by atoms with Crippen LogP contribution in [0.2, 0.25) is 0 Å². The zero-order valence-electron chi connectivity index (χ0n) is 58.1. The van der Waals surface area contributed by atoms with Crippen LogP contribution in [0.25, 0.3) is 0 Å². The molecule has 0 aromatic rings. The lowest BCUT2D eigenvalue weighted by atomic mass is 10.0. The summed E-state index contributed by atoms with van der Waals surface area (Å²) in [6, 6.07) is -0.799. The number of likely N-dealkylation sites (N-methyl/N-ethyl adjacent to an activating group) is 1. The van der Waals surface area contributed by atoms with Gasteiger partial charge in [0.25, 0.3) is 7.82 Å². The van der Waals surface area contributed by atoms with E-state index in [2.05, 4.69) is 43.5 Å². The fraction of sp³-hybridized carbons (Fsp3) is 0.934. The highest BCUT2D eigenvalue weighted by atomic mass is 31.2. The molecule has 0 aliphatic rings. The number of phosphoric ester groups is 1. The summed E-state index contributed by atoms with van der Waals surface area (Å²) in [6.45, 7) is 4.78. The van der Waals surface area contributed by atoms with Crippen molar-refractivity contribution >= 4 is 13.7 Å². The third-order valence-corrected chi connectivity index (χ3v) is 18.9. The van der Waals surface area contributed by atoms with E-state index in [1.165, 1.54) is 334 Å². The van der Waals surface area contributed by atoms with Crippen LogP contribution in [-0.4, -0.2) is 68.5 Å². The summed E-state index contributed by atoms with van der Waals surface area (Å²) in [4.78, 5) is 25.7. The number of hydrogen-bond acceptors (Lipinski definition) is 6. The van der Waals surface area contributed by atoms with E-state index in [4.69, 9.17) is 9.05 Å². The average molecular weight is 1220 g/mol. The Kier molecular flexibility index (Phi) is 66.6. The molecule has 506 valence electrons. The quantitative estimate of drug-likeness (QED) is 0.0272. The lowest BCUT2D eigenvalue weighted by Gasteiger charge is -2.30. The van der Waals surface area contributed by atoms with Crippen molar-refractivity contribution in [1.29, 1.82) is 0 Å². The van der Waals surface area contributed by atoms with E-state index in [1.807, 2.05) is 21.1 Å². The molecule has 0 saturated carbocycles. The van der Waals surface area contributed by atoms with Crippen LogP contribution in [0.1, 0.15) is 406 Å². The van der Waals surface area contributed by atoms with Gasteiger partial charge in [0.15, 0.2) is 0 Å². The van der Waals surface area contributed by atoms with Gasteiger partial charge in [-0.3, -0.25) is 9.36 Å². The monoisotopic (exact) mass is 1220 g/mol. The lowest BCUT2D eigenvalue weighted by Crippen LogP contribution is -2.46. The van der Waals surface area contributed by atoms with Gasteiger partial charge in [0, 0.05) is 6.42 Å². The van der Waals surface area contributed by atoms with Crippen LogP contribution in [0.4, 0.5) is 0 Å². The molecule has 0 aliphatic carbocycles. The second-order valence-electron chi connectivity index (χ2n) is 27.7. The van der Waals surface area contributed by atoms with Gasteiger partial charge in [0.05, 0.1) is 39.9 Å². The molecule has 0 saturated heterocycles. The first-order valence-corrected chi connectivity index (χ1v) is 39.6. The summed E-state index contributed by atoms with van der Waals surface area (Å²) in [6.07, 6.45) is 88.6. The van der Waals surface area contributed by atoms with Gasteiger partial charge < -0.3 is 28.8 Å². The largest absolute Gasteiger partial charge is 0.756 e. The average Bonchev–Trinajstić information content (AvgIpc) is 3.49. The van der Waals surface area contributed by atoms with Crippen molar-refractivity contribution in [3.05, 3.63) is 24.3 Å². The van der Waals surface area contributed by atoms with Gasteiger partial charge in [0.2, 0.25) is 5.91 Å². The minimum Gasteiger partial charge on any atom is -0.756 e. The second-order valence-corrected chi connectivity index (χ2v) is 29.1. The molecule has 1 amide bonds. The summed E-state index contributed by atoms with van der Waals surface area (Å²) in [5.41, 5.74) is 0. The van der Waals surface area contributed by atoms with Crippen LogP contribution in [0.15, 0.2) is 24.3 Å². The lowest BCUT2D eigenvalue weighted by molar-refractivity contribution is -0.870. The standard InChI is InChI=1S/C76H151N2O6P/c1-6-8-10-12-14-16-18-20-22-24-26-28-30-32-33-34-35-36-37-38-39-40-41-42-43-44-45-46-48-50-52-54-56-58-60-62-64-66-68-70-76(80)77-74(73-84-85(81,82)83-72-71-78(3,4)5)75(79)69-67-65-63-61-59-57-55-53-51-49-47-31-29-27-25-23-21-19-17-15-13-11-9-7-2/h18,20,24,26,74-75,79H,6-17,19,21-23,25,27-73H2,1-5H3,(H-,77,80,81,82)/b20-18-,26-24-. The molecule has 0 aromatic carbocycles. The fourth-order valence-electron chi connectivity index (χ4n) is 12.0. The molecule has 0 aromatic heterocycles. The number of quaternary nitrogens is 1. The van der Waals surface area contributed by atoms with Crippen LogP contribution in [0, 0.1) is 0 Å². The molecule has 2 N–H and O–H groups in total. The zero-order valence-corrected chi connectivity index (χ0v) is 59.0. The Morgan fingerprint density at radius 1 is 0.412 bits per heavy atom. The number of aliphatic hydroxyl groups excluding tert-OH is 1. The Morgan fingerprint density at radius 2 is 0.682 bits per heavy atom. The van der Waals surface area contributed by atoms with Crippen molar-refractivity contribution in [3.8, 4) is 0 Å². The molecule has 0 rings (SSSR count). The number of hydrogen-bond donors (Lipinski definition) is 2. The molecule has 0 spiro atoms. The predicted molar refractivity (Wildman–Crippen MR) is 372 cm³/mol. The third kappa shape index (κ3) is 70.3. The molecule has 0 aliphatic heterocycles. The predicted octanol–water partition coefficient (Wildman–Crippen LogP) is 24.0. The molecule has 3 unspecified atom stereocenters. The minimum absolute atomic E-state index is 0.0158. The van der Waals surface area contributed by atoms with Crippen LogP contribution >= 0.6 is 7.82 Å². The van der Waals surface area contributed by atoms with E-state index in [9.17, 15) is 19.4 Å². The van der Waals surface area contributed by atoms with Crippen LogP contribution in [-0.2, 0) is 18.4 Å². The first-order chi connectivity index (χ1) is 41.5. The van der Waals surface area contributed by atoms with Crippen molar-refractivity contribution < 1.29 is 32.9 Å². The van der Waals surface area contributed by atoms with Gasteiger partial charge >= 0.3 is 0 Å². The summed E-state index contributed by atoms with van der Waals surface area (Å²) >= 11 is 0. The molecule has 8 nitrogen and oxygen atoms in total. The van der Waals surface area contributed by atoms with Crippen molar-refractivity contribution in [2.45, 2.75) is 418 Å². The highest BCUT2D eigenvalue weighted by molar-refractivity contribution is 7.45. The number of aliphatic hydroxyl groups is 1. The number of amides is 1. The van der Waals surface area contributed by atoms with Gasteiger partial charge in [-0.2, -0.15) is 0 Å². The maximum absolute atomic E-state index is 13.1. The normalized spacial score (nSPS) is 13.6. The van der Waals surface area contributed by atoms with Crippen LogP contribution in [0.3, 0.4) is 0 Å². The van der Waals surface area contributed by atoms with E-state index in [-0.39, 0.29) is 19.1 Å². The number of unbranched alkanes of at least 4 members (excludes halogenated alkanes) is 55. The second kappa shape index (κ2) is 67.4. The van der Waals surface area contributed by atoms with E-state index >= 15 is 0 Å². The Bertz CT molecular complexity index is 1430. The van der Waals surface area contributed by atoms with E-state index < -0.39 is 20.0 Å². The molecular formula is C76H151N2O6P. The molecule has 9 heteroatoms. The first kappa shape index (κ1) is 84.0. The molecule has 3 atom stereocenters. The summed E-state index contributed by atoms with van der Waals surface area (Å²) in [7, 11) is 1.33. The van der Waals surface area contributed by atoms with E-state index in [0.29, 0.717) is 23.9 Å². The van der Waals surface area contributed by atoms with Crippen molar-refractivity contribution in [2.75, 3.05) is 40.9 Å². The number of allylic oxidation sites excluding steroid dienone is 4. The van der Waals surface area contributed by atoms with Gasteiger partial charge in [0.1, 0.15) is 13.2 Å². The number of rotatable bonds is 72. The maximum Gasteiger partial charge on any atom is 0.268 e. The van der Waals surface area contributed by atoms with Gasteiger partial charge in [-0.05, 0) is 44.9 Å². The molecule has 85 heavy (non-hydrogen) atoms. The van der Waals surface area contributed by atoms with E-state index in [0.717, 1.165) is 44.9 Å². The highest BCUT2D eigenvalue weighted by Crippen LogP contribution is 2.38. The SMILES string of the molecule is CCCCCCC/C=C\C/C=C\CCCCCCCCCCCCCCCCCCCCCCCCCCCCCC(=O)NC(COP(=O)([O-])OCC[N+](C)(C)C)C(O)CCCCCCCCCCCCCCCCCCCCCCCCCC. The minimum atomic E-state index is -4.58. The van der Waals surface area contributed by atoms with Crippen LogP contribution < -0.4 is 10.2 Å². The Balaban J connectivity index is 3.89. The van der Waals surface area contributed by atoms with Crippen molar-refractivity contribution in [1.82, 2.24) is 5.32 Å². The summed E-state index contributed by atoms with van der Waals surface area (Å²) in [5, 5.41) is 14.1. The van der Waals surface area contributed by atoms with Gasteiger partial charge in [-0.25, -0.2) is 0 Å². The van der Waals surface area contributed by atoms with Crippen LogP contribution in [0.5, 0.6) is 0 Å². The summed E-state index contributed by atoms with van der Waals surface area (Å²) < 4.78 is 23.6.